The fourth-order valence-corrected chi connectivity index (χ4v) is 3.57. The summed E-state index contributed by atoms with van der Waals surface area (Å²) in [5.41, 5.74) is 1.03. The van der Waals surface area contributed by atoms with Gasteiger partial charge in [-0.05, 0) is 36.9 Å². The lowest BCUT2D eigenvalue weighted by Gasteiger charge is -2.18. The highest BCUT2D eigenvalue weighted by Gasteiger charge is 2.25. The molecule has 3 rings (SSSR count). The van der Waals surface area contributed by atoms with Crippen molar-refractivity contribution in [1.82, 2.24) is 4.72 Å². The van der Waals surface area contributed by atoms with Gasteiger partial charge in [0, 0.05) is 6.54 Å². The van der Waals surface area contributed by atoms with Crippen molar-refractivity contribution in [3.05, 3.63) is 83.9 Å². The average molecular weight is 412 g/mol. The molecule has 0 aromatic heterocycles. The van der Waals surface area contributed by atoms with Gasteiger partial charge in [0.1, 0.15) is 10.6 Å². The Bertz CT molecular complexity index is 1100. The maximum Gasteiger partial charge on any atom is 0.335 e. The smallest absolute Gasteiger partial charge is 0.335 e. The monoisotopic (exact) mass is 412 g/mol. The minimum atomic E-state index is -3.99. The van der Waals surface area contributed by atoms with Gasteiger partial charge in [-0.3, -0.25) is 0 Å². The van der Waals surface area contributed by atoms with Gasteiger partial charge in [-0.1, -0.05) is 48.5 Å². The number of rotatable bonds is 8. The van der Waals surface area contributed by atoms with Gasteiger partial charge in [0.05, 0.1) is 11.3 Å². The van der Waals surface area contributed by atoms with Gasteiger partial charge in [0.15, 0.2) is 5.75 Å². The Balaban J connectivity index is 2.12. The zero-order chi connectivity index (χ0) is 20.9. The quantitative estimate of drug-likeness (QED) is 0.521. The van der Waals surface area contributed by atoms with Crippen LogP contribution in [-0.2, 0) is 16.6 Å². The number of hydrogen-bond donors (Lipinski definition) is 3. The van der Waals surface area contributed by atoms with Crippen molar-refractivity contribution < 1.29 is 23.1 Å². The van der Waals surface area contributed by atoms with Crippen molar-refractivity contribution in [2.24, 2.45) is 0 Å². The molecule has 0 amide bonds. The second-order valence-corrected chi connectivity index (χ2v) is 7.97. The molecule has 0 aliphatic heterocycles. The van der Waals surface area contributed by atoms with Crippen molar-refractivity contribution in [2.45, 2.75) is 11.4 Å². The van der Waals surface area contributed by atoms with Gasteiger partial charge >= 0.3 is 5.97 Å². The SMILES string of the molecule is CNS(=O)(=O)c1cc(C(=O)O)cc(NCc2ccccc2)c1Oc1ccccc1. The van der Waals surface area contributed by atoms with E-state index in [4.69, 9.17) is 4.74 Å². The number of sulfonamides is 1. The first-order valence-corrected chi connectivity index (χ1v) is 10.2. The highest BCUT2D eigenvalue weighted by Crippen LogP contribution is 2.37. The predicted molar refractivity (Wildman–Crippen MR) is 110 cm³/mol. The molecule has 0 saturated heterocycles. The molecule has 3 N–H and O–H groups in total. The normalized spacial score (nSPS) is 11.1. The highest BCUT2D eigenvalue weighted by molar-refractivity contribution is 7.89. The van der Waals surface area contributed by atoms with Crippen LogP contribution in [0.5, 0.6) is 11.5 Å². The van der Waals surface area contributed by atoms with Gasteiger partial charge < -0.3 is 15.2 Å². The third kappa shape index (κ3) is 4.92. The zero-order valence-corrected chi connectivity index (χ0v) is 16.4. The second kappa shape index (κ2) is 8.76. The molecule has 0 aliphatic carbocycles. The first kappa shape index (κ1) is 20.4. The Morgan fingerprint density at radius 2 is 1.62 bits per heavy atom. The van der Waals surface area contributed by atoms with E-state index >= 15 is 0 Å². The minimum absolute atomic E-state index is 0.0199. The number of carboxylic acids is 1. The summed E-state index contributed by atoms with van der Waals surface area (Å²) in [7, 11) is -2.73. The Morgan fingerprint density at radius 1 is 1.00 bits per heavy atom. The predicted octanol–water partition coefficient (Wildman–Crippen LogP) is 3.70. The van der Waals surface area contributed by atoms with E-state index in [2.05, 4.69) is 10.0 Å². The van der Waals surface area contributed by atoms with Crippen LogP contribution < -0.4 is 14.8 Å². The lowest BCUT2D eigenvalue weighted by Crippen LogP contribution is -2.20. The van der Waals surface area contributed by atoms with Crippen LogP contribution in [0.4, 0.5) is 5.69 Å². The fourth-order valence-electron chi connectivity index (χ4n) is 2.67. The number of nitrogens with one attached hydrogen (secondary N) is 2. The number of carboxylic acid groups (broad SMARTS) is 1. The van der Waals surface area contributed by atoms with E-state index in [1.807, 2.05) is 30.3 Å². The van der Waals surface area contributed by atoms with Crippen LogP contribution in [0.3, 0.4) is 0 Å². The van der Waals surface area contributed by atoms with Crippen molar-refractivity contribution in [1.29, 1.82) is 0 Å². The third-order valence-electron chi connectivity index (χ3n) is 4.15. The maximum atomic E-state index is 12.6. The molecule has 0 fully saturated rings. The number of benzene rings is 3. The largest absolute Gasteiger partial charge is 0.478 e. The summed E-state index contributed by atoms with van der Waals surface area (Å²) in [4.78, 5) is 11.3. The van der Waals surface area contributed by atoms with Gasteiger partial charge in [-0.25, -0.2) is 17.9 Å². The lowest BCUT2D eigenvalue weighted by molar-refractivity contribution is 0.0696. The second-order valence-electron chi connectivity index (χ2n) is 6.12. The molecule has 0 saturated carbocycles. The molecule has 0 atom stereocenters. The number of para-hydroxylation sites is 1. The Morgan fingerprint density at radius 3 is 2.21 bits per heavy atom. The first-order chi connectivity index (χ1) is 13.9. The number of anilines is 1. The molecule has 0 aliphatic rings. The van der Waals surface area contributed by atoms with Crippen LogP contribution in [0.15, 0.2) is 77.7 Å². The van der Waals surface area contributed by atoms with Crippen LogP contribution in [0, 0.1) is 0 Å². The van der Waals surface area contributed by atoms with Crippen LogP contribution in [0.2, 0.25) is 0 Å². The Kier molecular flexibility index (Phi) is 6.16. The summed E-state index contributed by atoms with van der Waals surface area (Å²) in [6, 6.07) is 20.6. The zero-order valence-electron chi connectivity index (χ0n) is 15.6. The van der Waals surface area contributed by atoms with E-state index in [1.54, 1.807) is 30.3 Å². The molecular weight excluding hydrogens is 392 g/mol. The van der Waals surface area contributed by atoms with E-state index in [0.717, 1.165) is 11.6 Å². The van der Waals surface area contributed by atoms with Crippen molar-refractivity contribution >= 4 is 21.7 Å². The number of ether oxygens (including phenoxy) is 1. The molecule has 150 valence electrons. The molecule has 3 aromatic rings. The summed E-state index contributed by atoms with van der Waals surface area (Å²) < 4.78 is 33.3. The lowest BCUT2D eigenvalue weighted by atomic mass is 10.1. The van der Waals surface area contributed by atoms with E-state index in [1.165, 1.54) is 13.1 Å². The summed E-state index contributed by atoms with van der Waals surface area (Å²) in [5, 5.41) is 12.6. The number of aromatic carboxylic acids is 1. The highest BCUT2D eigenvalue weighted by atomic mass is 32.2. The fraction of sp³-hybridized carbons (Fsp3) is 0.0952. The Hall–Kier alpha value is -3.36. The van der Waals surface area contributed by atoms with E-state index < -0.39 is 16.0 Å². The van der Waals surface area contributed by atoms with Crippen LogP contribution >= 0.6 is 0 Å². The third-order valence-corrected chi connectivity index (χ3v) is 5.57. The molecule has 0 radical (unpaired) electrons. The van der Waals surface area contributed by atoms with Gasteiger partial charge in [-0.2, -0.15) is 0 Å². The van der Waals surface area contributed by atoms with Gasteiger partial charge in [-0.15, -0.1) is 0 Å². The van der Waals surface area contributed by atoms with Gasteiger partial charge in [0.2, 0.25) is 10.0 Å². The van der Waals surface area contributed by atoms with Crippen molar-refractivity contribution in [2.75, 3.05) is 12.4 Å². The summed E-state index contributed by atoms with van der Waals surface area (Å²) in [6.07, 6.45) is 0. The summed E-state index contributed by atoms with van der Waals surface area (Å²) in [6.45, 7) is 0.355. The van der Waals surface area contributed by atoms with Gasteiger partial charge in [0.25, 0.3) is 0 Å². The minimum Gasteiger partial charge on any atom is -0.478 e. The maximum absolute atomic E-state index is 12.6. The topological polar surface area (TPSA) is 105 Å². The molecule has 8 heteroatoms. The Labute approximate surface area is 169 Å². The van der Waals surface area contributed by atoms with E-state index in [9.17, 15) is 18.3 Å². The molecule has 3 aromatic carbocycles. The standard InChI is InChI=1S/C21H20N2O5S/c1-22-29(26,27)19-13-16(21(24)25)12-18(23-14-15-8-4-2-5-9-15)20(19)28-17-10-6-3-7-11-17/h2-13,22-23H,14H2,1H3,(H,24,25). The first-order valence-electron chi connectivity index (χ1n) is 8.76. The average Bonchev–Trinajstić information content (AvgIpc) is 2.74. The number of hydrogen-bond acceptors (Lipinski definition) is 5. The van der Waals surface area contributed by atoms with Crippen molar-refractivity contribution in [3.8, 4) is 11.5 Å². The molecule has 0 heterocycles. The van der Waals surface area contributed by atoms with Crippen molar-refractivity contribution in [3.63, 3.8) is 0 Å². The molecule has 0 bridgehead atoms. The molecule has 7 nitrogen and oxygen atoms in total. The van der Waals surface area contributed by atoms with Crippen LogP contribution in [0.25, 0.3) is 0 Å². The van der Waals surface area contributed by atoms with E-state index in [-0.39, 0.29) is 21.9 Å². The molecule has 29 heavy (non-hydrogen) atoms. The molecule has 0 spiro atoms. The van der Waals surface area contributed by atoms with Crippen LogP contribution in [-0.4, -0.2) is 26.5 Å². The molecular formula is C21H20N2O5S. The number of carbonyl (C=O) groups is 1. The summed E-state index contributed by atoms with van der Waals surface area (Å²) in [5.74, 6) is -0.802. The summed E-state index contributed by atoms with van der Waals surface area (Å²) >= 11 is 0. The van der Waals surface area contributed by atoms with Crippen LogP contribution in [0.1, 0.15) is 15.9 Å². The van der Waals surface area contributed by atoms with E-state index in [0.29, 0.717) is 12.3 Å². The molecule has 0 unspecified atom stereocenters.